The maximum absolute atomic E-state index is 12.5. The SMILES string of the molecule is CCCCCC1CCC(C(=O)OC2CCC(CCC=CC#N)CC2)CC1. The monoisotopic (exact) mass is 359 g/mol. The van der Waals surface area contributed by atoms with Gasteiger partial charge in [-0.3, -0.25) is 4.79 Å². The van der Waals surface area contributed by atoms with Crippen molar-refractivity contribution in [1.29, 1.82) is 5.26 Å². The standard InChI is InChI=1S/C23H37NO2/c1-2-3-5-8-19-10-14-21(15-11-19)23(25)26-22-16-12-20(13-17-22)9-6-4-7-18-24/h4,7,19-22H,2-3,5-6,8-17H2,1H3. The van der Waals surface area contributed by atoms with Gasteiger partial charge in [-0.15, -0.1) is 0 Å². The zero-order valence-electron chi connectivity index (χ0n) is 16.6. The fourth-order valence-corrected chi connectivity index (χ4v) is 4.64. The Morgan fingerprint density at radius 2 is 1.65 bits per heavy atom. The molecule has 0 aromatic rings. The van der Waals surface area contributed by atoms with Crippen LogP contribution in [0.4, 0.5) is 0 Å². The molecule has 3 nitrogen and oxygen atoms in total. The van der Waals surface area contributed by atoms with E-state index in [0.29, 0.717) is 0 Å². The molecule has 2 fully saturated rings. The average Bonchev–Trinajstić information content (AvgIpc) is 2.67. The molecule has 0 saturated heterocycles. The van der Waals surface area contributed by atoms with E-state index in [0.717, 1.165) is 63.2 Å². The number of esters is 1. The van der Waals surface area contributed by atoms with Crippen LogP contribution in [0.5, 0.6) is 0 Å². The Hall–Kier alpha value is -1.30. The molecule has 0 amide bonds. The minimum absolute atomic E-state index is 0.0809. The van der Waals surface area contributed by atoms with Crippen molar-refractivity contribution in [2.24, 2.45) is 17.8 Å². The summed E-state index contributed by atoms with van der Waals surface area (Å²) in [4.78, 5) is 12.5. The van der Waals surface area contributed by atoms with Crippen molar-refractivity contribution in [1.82, 2.24) is 0 Å². The summed E-state index contributed by atoms with van der Waals surface area (Å²) in [6, 6.07) is 2.04. The summed E-state index contributed by atoms with van der Waals surface area (Å²) in [5.74, 6) is 1.81. The van der Waals surface area contributed by atoms with Crippen LogP contribution < -0.4 is 0 Å². The van der Waals surface area contributed by atoms with Crippen LogP contribution in [0, 0.1) is 29.1 Å². The van der Waals surface area contributed by atoms with E-state index in [4.69, 9.17) is 10.00 Å². The van der Waals surface area contributed by atoms with Crippen molar-refractivity contribution in [2.45, 2.75) is 103 Å². The van der Waals surface area contributed by atoms with Crippen LogP contribution in [0.15, 0.2) is 12.2 Å². The smallest absolute Gasteiger partial charge is 0.309 e. The largest absolute Gasteiger partial charge is 0.462 e. The van der Waals surface area contributed by atoms with E-state index in [-0.39, 0.29) is 18.0 Å². The van der Waals surface area contributed by atoms with Gasteiger partial charge in [-0.2, -0.15) is 5.26 Å². The van der Waals surface area contributed by atoms with Crippen LogP contribution in [-0.4, -0.2) is 12.1 Å². The highest BCUT2D eigenvalue weighted by Crippen LogP contribution is 2.34. The third-order valence-corrected chi connectivity index (χ3v) is 6.41. The van der Waals surface area contributed by atoms with E-state index >= 15 is 0 Å². The molecule has 0 aromatic carbocycles. The Balaban J connectivity index is 1.59. The van der Waals surface area contributed by atoms with Crippen molar-refractivity contribution >= 4 is 5.97 Å². The number of nitrogens with zero attached hydrogens (tertiary/aromatic N) is 1. The highest BCUT2D eigenvalue weighted by atomic mass is 16.5. The van der Waals surface area contributed by atoms with Gasteiger partial charge >= 0.3 is 5.97 Å². The number of ether oxygens (including phenoxy) is 1. The molecule has 0 bridgehead atoms. The molecule has 2 saturated carbocycles. The molecule has 0 radical (unpaired) electrons. The maximum atomic E-state index is 12.5. The van der Waals surface area contributed by atoms with Gasteiger partial charge in [-0.25, -0.2) is 0 Å². The van der Waals surface area contributed by atoms with Gasteiger partial charge in [-0.05, 0) is 76.0 Å². The number of carbonyl (C=O) groups excluding carboxylic acids is 1. The van der Waals surface area contributed by atoms with E-state index in [1.54, 1.807) is 6.08 Å². The van der Waals surface area contributed by atoms with Crippen molar-refractivity contribution in [3.8, 4) is 6.07 Å². The normalized spacial score (nSPS) is 29.4. The van der Waals surface area contributed by atoms with Crippen LogP contribution in [0.3, 0.4) is 0 Å². The number of hydrogen-bond acceptors (Lipinski definition) is 3. The zero-order valence-corrected chi connectivity index (χ0v) is 16.6. The van der Waals surface area contributed by atoms with Crippen LogP contribution in [0.2, 0.25) is 0 Å². The summed E-state index contributed by atoms with van der Waals surface area (Å²) in [7, 11) is 0. The second-order valence-electron chi connectivity index (χ2n) is 8.40. The van der Waals surface area contributed by atoms with E-state index < -0.39 is 0 Å². The van der Waals surface area contributed by atoms with Gasteiger partial charge < -0.3 is 4.74 Å². The lowest BCUT2D eigenvalue weighted by Gasteiger charge is -2.31. The van der Waals surface area contributed by atoms with E-state index in [2.05, 4.69) is 6.92 Å². The van der Waals surface area contributed by atoms with Gasteiger partial charge in [0.15, 0.2) is 0 Å². The Labute approximate surface area is 160 Å². The van der Waals surface area contributed by atoms with Crippen molar-refractivity contribution < 1.29 is 9.53 Å². The van der Waals surface area contributed by atoms with Gasteiger partial charge in [-0.1, -0.05) is 38.7 Å². The third-order valence-electron chi connectivity index (χ3n) is 6.41. The van der Waals surface area contributed by atoms with Crippen molar-refractivity contribution in [2.75, 3.05) is 0 Å². The van der Waals surface area contributed by atoms with Crippen LogP contribution in [-0.2, 0) is 9.53 Å². The molecule has 146 valence electrons. The molecule has 3 heteroatoms. The Kier molecular flexibility index (Phi) is 9.82. The molecule has 0 spiro atoms. The fourth-order valence-electron chi connectivity index (χ4n) is 4.64. The van der Waals surface area contributed by atoms with Crippen LogP contribution in [0.25, 0.3) is 0 Å². The number of allylic oxidation sites excluding steroid dienone is 2. The lowest BCUT2D eigenvalue weighted by molar-refractivity contribution is -0.157. The minimum atomic E-state index is 0.0809. The topological polar surface area (TPSA) is 50.1 Å². The summed E-state index contributed by atoms with van der Waals surface area (Å²) in [5, 5.41) is 8.51. The number of carbonyl (C=O) groups is 1. The highest BCUT2D eigenvalue weighted by Gasteiger charge is 2.30. The fraction of sp³-hybridized carbons (Fsp3) is 0.826. The number of nitriles is 1. The number of rotatable bonds is 9. The molecule has 0 atom stereocenters. The Morgan fingerprint density at radius 1 is 1.00 bits per heavy atom. The number of unbranched alkanes of at least 4 members (excludes halogenated alkanes) is 2. The Bertz CT molecular complexity index is 463. The molecular formula is C23H37NO2. The van der Waals surface area contributed by atoms with Gasteiger partial charge in [0, 0.05) is 6.08 Å². The predicted octanol–water partition coefficient (Wildman–Crippen LogP) is 6.34. The molecule has 2 aliphatic rings. The average molecular weight is 360 g/mol. The van der Waals surface area contributed by atoms with Crippen molar-refractivity contribution in [3.05, 3.63) is 12.2 Å². The number of hydrogen-bond donors (Lipinski definition) is 0. The van der Waals surface area contributed by atoms with Gasteiger partial charge in [0.2, 0.25) is 0 Å². The Morgan fingerprint density at radius 3 is 2.31 bits per heavy atom. The molecule has 0 N–H and O–H groups in total. The zero-order chi connectivity index (χ0) is 18.6. The lowest BCUT2D eigenvalue weighted by atomic mass is 9.79. The van der Waals surface area contributed by atoms with Crippen LogP contribution >= 0.6 is 0 Å². The molecule has 2 rings (SSSR count). The molecule has 0 aromatic heterocycles. The summed E-state index contributed by atoms with van der Waals surface area (Å²) in [5.41, 5.74) is 0. The quantitative estimate of drug-likeness (QED) is 0.274. The summed E-state index contributed by atoms with van der Waals surface area (Å²) in [6.07, 6.45) is 20.0. The first-order valence-electron chi connectivity index (χ1n) is 11.0. The van der Waals surface area contributed by atoms with Gasteiger partial charge in [0.25, 0.3) is 0 Å². The molecule has 0 unspecified atom stereocenters. The van der Waals surface area contributed by atoms with E-state index in [1.165, 1.54) is 38.5 Å². The second kappa shape index (κ2) is 12.2. The highest BCUT2D eigenvalue weighted by molar-refractivity contribution is 5.72. The van der Waals surface area contributed by atoms with Crippen molar-refractivity contribution in [3.63, 3.8) is 0 Å². The minimum Gasteiger partial charge on any atom is -0.462 e. The molecular weight excluding hydrogens is 322 g/mol. The van der Waals surface area contributed by atoms with Crippen LogP contribution in [0.1, 0.15) is 96.8 Å². The molecule has 2 aliphatic carbocycles. The summed E-state index contributed by atoms with van der Waals surface area (Å²) >= 11 is 0. The summed E-state index contributed by atoms with van der Waals surface area (Å²) in [6.45, 7) is 2.26. The second-order valence-corrected chi connectivity index (χ2v) is 8.40. The summed E-state index contributed by atoms with van der Waals surface area (Å²) < 4.78 is 5.86. The predicted molar refractivity (Wildman–Crippen MR) is 105 cm³/mol. The molecule has 0 heterocycles. The van der Waals surface area contributed by atoms with Gasteiger partial charge in [0.05, 0.1) is 12.0 Å². The first-order valence-corrected chi connectivity index (χ1v) is 11.0. The lowest BCUT2D eigenvalue weighted by Crippen LogP contribution is -2.30. The maximum Gasteiger partial charge on any atom is 0.309 e. The molecule has 26 heavy (non-hydrogen) atoms. The first kappa shape index (κ1) is 21.0. The molecule has 0 aliphatic heterocycles. The third kappa shape index (κ3) is 7.52. The van der Waals surface area contributed by atoms with E-state index in [9.17, 15) is 4.79 Å². The van der Waals surface area contributed by atoms with E-state index in [1.807, 2.05) is 12.1 Å². The van der Waals surface area contributed by atoms with Gasteiger partial charge in [0.1, 0.15) is 6.10 Å². The first-order chi connectivity index (χ1) is 12.7.